The molecule has 12 heteroatoms. The van der Waals surface area contributed by atoms with Crippen molar-refractivity contribution in [1.29, 1.82) is 0 Å². The molecule has 0 radical (unpaired) electrons. The quantitative estimate of drug-likeness (QED) is 0.554. The van der Waals surface area contributed by atoms with E-state index in [1.165, 1.54) is 12.1 Å². The third-order valence-corrected chi connectivity index (χ3v) is 7.36. The number of aliphatic hydroxyl groups is 1. The highest BCUT2D eigenvalue weighted by molar-refractivity contribution is 7.89. The Morgan fingerprint density at radius 2 is 2.00 bits per heavy atom. The van der Waals surface area contributed by atoms with Gasteiger partial charge in [-0.2, -0.15) is 9.40 Å². The molecule has 1 saturated heterocycles. The lowest BCUT2D eigenvalue weighted by molar-refractivity contribution is 0.0161. The molecule has 0 amide bonds. The van der Waals surface area contributed by atoms with Crippen molar-refractivity contribution in [1.82, 2.24) is 14.5 Å². The number of anilines is 1. The van der Waals surface area contributed by atoms with E-state index in [9.17, 15) is 26.7 Å². The number of nitrogens with two attached hydrogens (primary N) is 1. The summed E-state index contributed by atoms with van der Waals surface area (Å²) < 4.78 is 68.4. The fourth-order valence-electron chi connectivity index (χ4n) is 3.62. The highest BCUT2D eigenvalue weighted by Gasteiger charge is 2.49. The van der Waals surface area contributed by atoms with E-state index in [0.29, 0.717) is 15.2 Å². The summed E-state index contributed by atoms with van der Waals surface area (Å²) in [7, 11) is -4.45. The maximum absolute atomic E-state index is 14.9. The second kappa shape index (κ2) is 7.12. The van der Waals surface area contributed by atoms with Crippen molar-refractivity contribution < 1.29 is 26.7 Å². The lowest BCUT2D eigenvalue weighted by atomic mass is 10.0. The summed E-state index contributed by atoms with van der Waals surface area (Å²) in [6.07, 6.45) is -0.801. The minimum Gasteiger partial charge on any atom is -0.395 e. The summed E-state index contributed by atoms with van der Waals surface area (Å²) in [6.45, 7) is -1.84. The minimum atomic E-state index is -4.45. The average molecular weight is 461 g/mol. The number of fused-ring (bicyclic) bond motifs is 1. The van der Waals surface area contributed by atoms with Crippen LogP contribution in [0, 0.1) is 5.82 Å². The number of aliphatic hydroxyl groups excluding tert-OH is 1. The van der Waals surface area contributed by atoms with E-state index in [1.807, 2.05) is 0 Å². The van der Waals surface area contributed by atoms with Gasteiger partial charge in [0.05, 0.1) is 40.0 Å². The van der Waals surface area contributed by atoms with Gasteiger partial charge in [-0.25, -0.2) is 21.6 Å². The Morgan fingerprint density at radius 3 is 2.67 bits per heavy atom. The van der Waals surface area contributed by atoms with Gasteiger partial charge < -0.3 is 10.8 Å². The second-order valence-corrected chi connectivity index (χ2v) is 9.32. The molecule has 30 heavy (non-hydrogen) atoms. The number of nitrogens with one attached hydrogen (secondary N) is 1. The van der Waals surface area contributed by atoms with E-state index in [2.05, 4.69) is 10.2 Å². The molecule has 7 nitrogen and oxygen atoms in total. The standard InChI is InChI=1S/C18H16ClF3N4O3S/c19-16-12(3-4-14-15(16)17(23)25-24-14)11-2-1-10(5-13(11)20)30(28,29)26-8-18(21,22)6-9(26)7-27/h1-5,9,27H,6-8H2,(H3,23,24,25)/t9-/m0/s1. The number of nitrogens with zero attached hydrogens (tertiary/aromatic N) is 2. The minimum absolute atomic E-state index is 0.00640. The summed E-state index contributed by atoms with van der Waals surface area (Å²) in [4.78, 5) is -0.500. The van der Waals surface area contributed by atoms with E-state index in [-0.39, 0.29) is 22.0 Å². The molecule has 160 valence electrons. The molecule has 0 unspecified atom stereocenters. The molecule has 1 aromatic heterocycles. The smallest absolute Gasteiger partial charge is 0.263 e. The van der Waals surface area contributed by atoms with Gasteiger partial charge in [-0.15, -0.1) is 0 Å². The van der Waals surface area contributed by atoms with Crippen molar-refractivity contribution in [2.75, 3.05) is 18.9 Å². The summed E-state index contributed by atoms with van der Waals surface area (Å²) >= 11 is 6.35. The molecule has 2 aromatic carbocycles. The number of H-pyrrole nitrogens is 1. The van der Waals surface area contributed by atoms with Crippen LogP contribution in [0.3, 0.4) is 0 Å². The van der Waals surface area contributed by atoms with Gasteiger partial charge in [0.25, 0.3) is 5.92 Å². The van der Waals surface area contributed by atoms with E-state index < -0.39 is 52.3 Å². The molecule has 1 atom stereocenters. The van der Waals surface area contributed by atoms with Crippen LogP contribution < -0.4 is 5.73 Å². The third-order valence-electron chi connectivity index (χ3n) is 5.07. The highest BCUT2D eigenvalue weighted by Crippen LogP contribution is 2.39. The molecule has 3 aromatic rings. The topological polar surface area (TPSA) is 112 Å². The number of sulfonamides is 1. The number of hydrogen-bond acceptors (Lipinski definition) is 5. The zero-order valence-electron chi connectivity index (χ0n) is 15.2. The van der Waals surface area contributed by atoms with Gasteiger partial charge >= 0.3 is 0 Å². The first kappa shape index (κ1) is 20.9. The molecule has 0 spiro atoms. The Hall–Kier alpha value is -2.34. The molecule has 4 N–H and O–H groups in total. The summed E-state index contributed by atoms with van der Waals surface area (Å²) in [6, 6.07) is 4.90. The molecule has 1 aliphatic rings. The van der Waals surface area contributed by atoms with E-state index in [4.69, 9.17) is 17.3 Å². The number of rotatable bonds is 4. The first-order chi connectivity index (χ1) is 14.0. The maximum Gasteiger partial charge on any atom is 0.263 e. The van der Waals surface area contributed by atoms with Gasteiger partial charge in [-0.3, -0.25) is 5.10 Å². The van der Waals surface area contributed by atoms with Crippen LogP contribution in [-0.2, 0) is 10.0 Å². The van der Waals surface area contributed by atoms with Crippen LogP contribution in [0.15, 0.2) is 35.2 Å². The van der Waals surface area contributed by atoms with Crippen molar-refractivity contribution in [3.05, 3.63) is 41.2 Å². The van der Waals surface area contributed by atoms with Gasteiger partial charge in [0.2, 0.25) is 10.0 Å². The van der Waals surface area contributed by atoms with Crippen molar-refractivity contribution in [2.45, 2.75) is 23.3 Å². The zero-order chi connectivity index (χ0) is 21.8. The van der Waals surface area contributed by atoms with Gasteiger partial charge in [0.15, 0.2) is 5.82 Å². The highest BCUT2D eigenvalue weighted by atomic mass is 35.5. The van der Waals surface area contributed by atoms with Crippen molar-refractivity contribution in [2.24, 2.45) is 0 Å². The fraction of sp³-hybridized carbons (Fsp3) is 0.278. The van der Waals surface area contributed by atoms with Crippen molar-refractivity contribution >= 4 is 38.3 Å². The molecule has 1 fully saturated rings. The largest absolute Gasteiger partial charge is 0.395 e. The lowest BCUT2D eigenvalue weighted by Gasteiger charge is -2.22. The van der Waals surface area contributed by atoms with Crippen LogP contribution in [0.2, 0.25) is 5.02 Å². The molecule has 0 aliphatic carbocycles. The molecular weight excluding hydrogens is 445 g/mol. The number of halogens is 4. The monoisotopic (exact) mass is 460 g/mol. The maximum atomic E-state index is 14.9. The van der Waals surface area contributed by atoms with E-state index in [0.717, 1.165) is 12.1 Å². The molecule has 0 bridgehead atoms. The van der Waals surface area contributed by atoms with Gasteiger partial charge in [-0.05, 0) is 18.2 Å². The predicted molar refractivity (Wildman–Crippen MR) is 105 cm³/mol. The molecular formula is C18H16ClF3N4O3S. The van der Waals surface area contributed by atoms with Crippen LogP contribution in [0.5, 0.6) is 0 Å². The third kappa shape index (κ3) is 3.31. The van der Waals surface area contributed by atoms with E-state index in [1.54, 1.807) is 6.07 Å². The Bertz CT molecular complexity index is 1250. The van der Waals surface area contributed by atoms with Crippen LogP contribution in [0.4, 0.5) is 19.0 Å². The number of nitrogen functional groups attached to an aromatic ring is 1. The van der Waals surface area contributed by atoms with Crippen LogP contribution >= 0.6 is 11.6 Å². The lowest BCUT2D eigenvalue weighted by Crippen LogP contribution is -2.38. The van der Waals surface area contributed by atoms with Gasteiger partial charge in [0, 0.05) is 17.5 Å². The number of aromatic nitrogens is 2. The predicted octanol–water partition coefficient (Wildman–Crippen LogP) is 3.00. The first-order valence-corrected chi connectivity index (χ1v) is 10.6. The van der Waals surface area contributed by atoms with Crippen LogP contribution in [0.25, 0.3) is 22.0 Å². The number of hydrogen-bond donors (Lipinski definition) is 3. The number of benzene rings is 2. The summed E-state index contributed by atoms with van der Waals surface area (Å²) in [5, 5.41) is 16.4. The number of aromatic amines is 1. The van der Waals surface area contributed by atoms with Crippen LogP contribution in [0.1, 0.15) is 6.42 Å². The van der Waals surface area contributed by atoms with Crippen LogP contribution in [-0.4, -0.2) is 53.1 Å². The first-order valence-electron chi connectivity index (χ1n) is 8.77. The summed E-state index contributed by atoms with van der Waals surface area (Å²) in [5.41, 5.74) is 6.59. The Labute approximate surface area is 174 Å². The molecule has 0 saturated carbocycles. The summed E-state index contributed by atoms with van der Waals surface area (Å²) in [5.74, 6) is -4.06. The van der Waals surface area contributed by atoms with E-state index >= 15 is 0 Å². The zero-order valence-corrected chi connectivity index (χ0v) is 16.8. The van der Waals surface area contributed by atoms with Gasteiger partial charge in [0.1, 0.15) is 5.82 Å². The second-order valence-electron chi connectivity index (χ2n) is 7.05. The Kier molecular flexibility index (Phi) is 4.96. The average Bonchev–Trinajstić information content (AvgIpc) is 3.22. The number of alkyl halides is 2. The molecule has 1 aliphatic heterocycles. The van der Waals surface area contributed by atoms with Crippen molar-refractivity contribution in [3.8, 4) is 11.1 Å². The molecule has 2 heterocycles. The van der Waals surface area contributed by atoms with Gasteiger partial charge in [-0.1, -0.05) is 23.7 Å². The van der Waals surface area contributed by atoms with Crippen molar-refractivity contribution in [3.63, 3.8) is 0 Å². The Morgan fingerprint density at radius 1 is 1.30 bits per heavy atom. The SMILES string of the molecule is Nc1n[nH]c2ccc(-c3ccc(S(=O)(=O)N4CC(F)(F)C[C@H]4CO)cc3F)c(Cl)c12. The normalized spacial score (nSPS) is 19.6. The molecule has 4 rings (SSSR count). The fourth-order valence-corrected chi connectivity index (χ4v) is 5.64. The Balaban J connectivity index is 1.76.